The third-order valence-corrected chi connectivity index (χ3v) is 4.77. The Morgan fingerprint density at radius 1 is 1.45 bits per heavy atom. The van der Waals surface area contributed by atoms with E-state index in [-0.39, 0.29) is 23.7 Å². The van der Waals surface area contributed by atoms with Crippen molar-refractivity contribution in [3.05, 3.63) is 34.6 Å². The molecule has 3 rings (SSSR count). The average molecular weight is 326 g/mol. The van der Waals surface area contributed by atoms with E-state index in [1.165, 1.54) is 12.1 Å². The molecular weight excluding hydrogens is 305 g/mol. The fourth-order valence-electron chi connectivity index (χ4n) is 3.00. The van der Waals surface area contributed by atoms with E-state index in [0.717, 1.165) is 44.6 Å². The molecule has 1 aromatic carbocycles. The van der Waals surface area contributed by atoms with Crippen LogP contribution in [-0.4, -0.2) is 43.0 Å². The molecule has 2 fully saturated rings. The third-order valence-electron chi connectivity index (χ3n) is 4.41. The molecule has 2 N–H and O–H groups in total. The molecule has 1 unspecified atom stereocenters. The van der Waals surface area contributed by atoms with E-state index in [4.69, 9.17) is 11.6 Å². The average Bonchev–Trinajstić information content (AvgIpc) is 2.40. The van der Waals surface area contributed by atoms with Crippen molar-refractivity contribution in [3.8, 4) is 0 Å². The number of benzene rings is 1. The van der Waals surface area contributed by atoms with Gasteiger partial charge < -0.3 is 10.6 Å². The Morgan fingerprint density at radius 3 is 2.95 bits per heavy atom. The van der Waals surface area contributed by atoms with Crippen molar-refractivity contribution in [1.29, 1.82) is 0 Å². The molecule has 0 bridgehead atoms. The van der Waals surface area contributed by atoms with Crippen LogP contribution in [0.5, 0.6) is 0 Å². The molecule has 120 valence electrons. The molecule has 0 aromatic heterocycles. The third kappa shape index (κ3) is 3.77. The summed E-state index contributed by atoms with van der Waals surface area (Å²) in [6.07, 6.45) is 2.06. The van der Waals surface area contributed by atoms with E-state index in [0.29, 0.717) is 11.6 Å². The highest BCUT2D eigenvalue weighted by molar-refractivity contribution is 6.31. The second-order valence-electron chi connectivity index (χ2n) is 6.17. The minimum Gasteiger partial charge on any atom is -0.352 e. The second-order valence-corrected chi connectivity index (χ2v) is 6.58. The molecule has 1 amide bonds. The van der Waals surface area contributed by atoms with Crippen LogP contribution in [0.2, 0.25) is 5.02 Å². The first-order chi connectivity index (χ1) is 10.6. The van der Waals surface area contributed by atoms with Gasteiger partial charge in [-0.25, -0.2) is 4.39 Å². The Balaban J connectivity index is 1.54. The van der Waals surface area contributed by atoms with Gasteiger partial charge in [-0.3, -0.25) is 9.69 Å². The maximum absolute atomic E-state index is 13.1. The molecule has 22 heavy (non-hydrogen) atoms. The van der Waals surface area contributed by atoms with Gasteiger partial charge in [0.05, 0.1) is 5.92 Å². The van der Waals surface area contributed by atoms with Crippen LogP contribution < -0.4 is 10.6 Å². The number of rotatable bonds is 4. The van der Waals surface area contributed by atoms with Crippen molar-refractivity contribution < 1.29 is 9.18 Å². The maximum Gasteiger partial charge on any atom is 0.225 e. The maximum atomic E-state index is 13.1. The summed E-state index contributed by atoms with van der Waals surface area (Å²) in [7, 11) is 0. The smallest absolute Gasteiger partial charge is 0.225 e. The molecular formula is C16H21ClFN3O. The number of piperidine rings is 1. The number of carbonyl (C=O) groups is 1. The number of hydrogen-bond donors (Lipinski definition) is 2. The van der Waals surface area contributed by atoms with Gasteiger partial charge >= 0.3 is 0 Å². The van der Waals surface area contributed by atoms with Crippen LogP contribution in [0.1, 0.15) is 18.4 Å². The van der Waals surface area contributed by atoms with Crippen molar-refractivity contribution in [2.24, 2.45) is 5.92 Å². The molecule has 2 heterocycles. The van der Waals surface area contributed by atoms with Crippen molar-refractivity contribution in [3.63, 3.8) is 0 Å². The Hall–Kier alpha value is -1.17. The number of carbonyl (C=O) groups excluding carboxylic acids is 1. The molecule has 0 aliphatic carbocycles. The highest BCUT2D eigenvalue weighted by atomic mass is 35.5. The quantitative estimate of drug-likeness (QED) is 0.887. The largest absolute Gasteiger partial charge is 0.352 e. The molecule has 1 aromatic rings. The number of halogens is 2. The topological polar surface area (TPSA) is 44.4 Å². The van der Waals surface area contributed by atoms with Gasteiger partial charge in [0.25, 0.3) is 0 Å². The number of nitrogens with zero attached hydrogens (tertiary/aromatic N) is 1. The number of nitrogens with one attached hydrogen (secondary N) is 2. The predicted molar refractivity (Wildman–Crippen MR) is 84.2 cm³/mol. The summed E-state index contributed by atoms with van der Waals surface area (Å²) < 4.78 is 13.1. The molecule has 6 heteroatoms. The van der Waals surface area contributed by atoms with Crippen molar-refractivity contribution >= 4 is 17.5 Å². The zero-order valence-corrected chi connectivity index (χ0v) is 13.2. The van der Waals surface area contributed by atoms with Crippen molar-refractivity contribution in [2.75, 3.05) is 26.2 Å². The minimum atomic E-state index is -0.313. The summed E-state index contributed by atoms with van der Waals surface area (Å²) in [5.41, 5.74) is 0.929. The summed E-state index contributed by atoms with van der Waals surface area (Å²) in [6.45, 7) is 4.06. The summed E-state index contributed by atoms with van der Waals surface area (Å²) in [5, 5.41) is 6.73. The fraction of sp³-hybridized carbons (Fsp3) is 0.562. The lowest BCUT2D eigenvalue weighted by atomic mass is 10.00. The van der Waals surface area contributed by atoms with E-state index >= 15 is 0 Å². The van der Waals surface area contributed by atoms with Crippen LogP contribution in [0.3, 0.4) is 0 Å². The van der Waals surface area contributed by atoms with Crippen LogP contribution >= 0.6 is 11.6 Å². The zero-order chi connectivity index (χ0) is 15.5. The highest BCUT2D eigenvalue weighted by Gasteiger charge is 2.28. The zero-order valence-electron chi connectivity index (χ0n) is 12.4. The molecule has 2 saturated heterocycles. The van der Waals surface area contributed by atoms with E-state index in [9.17, 15) is 9.18 Å². The van der Waals surface area contributed by atoms with Crippen molar-refractivity contribution in [1.82, 2.24) is 15.5 Å². The Kier molecular flexibility index (Phi) is 4.96. The van der Waals surface area contributed by atoms with Crippen LogP contribution in [0.4, 0.5) is 4.39 Å². The van der Waals surface area contributed by atoms with Gasteiger partial charge in [-0.2, -0.15) is 0 Å². The van der Waals surface area contributed by atoms with Gasteiger partial charge in [0.15, 0.2) is 0 Å². The van der Waals surface area contributed by atoms with E-state index in [1.54, 1.807) is 6.07 Å². The summed E-state index contributed by atoms with van der Waals surface area (Å²) in [4.78, 5) is 14.3. The summed E-state index contributed by atoms with van der Waals surface area (Å²) in [5.74, 6) is -0.0287. The van der Waals surface area contributed by atoms with Crippen LogP contribution in [-0.2, 0) is 11.3 Å². The first-order valence-corrected chi connectivity index (χ1v) is 8.17. The summed E-state index contributed by atoms with van der Waals surface area (Å²) in [6, 6.07) is 4.72. The minimum absolute atomic E-state index is 0.127. The van der Waals surface area contributed by atoms with E-state index in [2.05, 4.69) is 15.5 Å². The molecule has 0 radical (unpaired) electrons. The first kappa shape index (κ1) is 15.7. The van der Waals surface area contributed by atoms with Gasteiger partial charge in [0.2, 0.25) is 5.91 Å². The first-order valence-electron chi connectivity index (χ1n) is 7.79. The Labute approximate surface area is 135 Å². The van der Waals surface area contributed by atoms with E-state index in [1.807, 2.05) is 0 Å². The molecule has 1 atom stereocenters. The molecule has 2 aliphatic heterocycles. The lowest BCUT2D eigenvalue weighted by Gasteiger charge is -2.35. The van der Waals surface area contributed by atoms with Gasteiger partial charge in [-0.1, -0.05) is 17.7 Å². The molecule has 2 aliphatic rings. The lowest BCUT2D eigenvalue weighted by Crippen LogP contribution is -2.55. The molecule has 0 spiro atoms. The Morgan fingerprint density at radius 2 is 2.27 bits per heavy atom. The van der Waals surface area contributed by atoms with Gasteiger partial charge in [0.1, 0.15) is 5.82 Å². The normalized spacial score (nSPS) is 23.1. The van der Waals surface area contributed by atoms with Crippen LogP contribution in [0, 0.1) is 11.7 Å². The molecule has 4 nitrogen and oxygen atoms in total. The fourth-order valence-corrected chi connectivity index (χ4v) is 3.23. The van der Waals surface area contributed by atoms with Gasteiger partial charge in [-0.05, 0) is 37.1 Å². The summed E-state index contributed by atoms with van der Waals surface area (Å²) >= 11 is 6.09. The standard InChI is InChI=1S/C16H21ClFN3O/c17-15-6-13(18)4-3-11(15)9-21-5-1-2-14(10-21)20-16(22)12-7-19-8-12/h3-4,6,12,14,19H,1-2,5,7-10H2,(H,20,22). The van der Waals surface area contributed by atoms with Crippen molar-refractivity contribution in [2.45, 2.75) is 25.4 Å². The second kappa shape index (κ2) is 6.94. The number of amides is 1. The van der Waals surface area contributed by atoms with Gasteiger partial charge in [-0.15, -0.1) is 0 Å². The number of hydrogen-bond acceptors (Lipinski definition) is 3. The molecule has 0 saturated carbocycles. The lowest BCUT2D eigenvalue weighted by molar-refractivity contribution is -0.127. The predicted octanol–water partition coefficient (Wildman–Crippen LogP) is 1.78. The Bertz CT molecular complexity index is 550. The van der Waals surface area contributed by atoms with E-state index < -0.39 is 0 Å². The monoisotopic (exact) mass is 325 g/mol. The van der Waals surface area contributed by atoms with Crippen LogP contribution in [0.25, 0.3) is 0 Å². The highest BCUT2D eigenvalue weighted by Crippen LogP contribution is 2.21. The van der Waals surface area contributed by atoms with Gasteiger partial charge in [0, 0.05) is 37.2 Å². The number of likely N-dealkylation sites (tertiary alicyclic amines) is 1. The SMILES string of the molecule is O=C(NC1CCCN(Cc2ccc(F)cc2Cl)C1)C1CNC1. The van der Waals surface area contributed by atoms with Crippen LogP contribution in [0.15, 0.2) is 18.2 Å².